The third-order valence-corrected chi connectivity index (χ3v) is 3.92. The SMILES string of the molecule is CCSC[C@@H]1C=C[C@H](n2cnc3c(N)ncnc32)O1. The number of aromatic nitrogens is 4. The van der Waals surface area contributed by atoms with Crippen molar-refractivity contribution in [3.63, 3.8) is 0 Å². The molecule has 0 bridgehead atoms. The number of ether oxygens (including phenoxy) is 1. The third-order valence-electron chi connectivity index (χ3n) is 2.95. The maximum atomic E-state index is 5.95. The Balaban J connectivity index is 1.83. The average molecular weight is 277 g/mol. The third kappa shape index (κ3) is 2.31. The highest BCUT2D eigenvalue weighted by atomic mass is 32.2. The fourth-order valence-electron chi connectivity index (χ4n) is 2.03. The normalized spacial score (nSPS) is 22.4. The molecule has 6 nitrogen and oxygen atoms in total. The number of fused-ring (bicyclic) bond motifs is 1. The van der Waals surface area contributed by atoms with E-state index in [-0.39, 0.29) is 12.3 Å². The van der Waals surface area contributed by atoms with E-state index in [9.17, 15) is 0 Å². The molecule has 7 heteroatoms. The van der Waals surface area contributed by atoms with E-state index in [1.807, 2.05) is 22.4 Å². The first-order valence-corrected chi connectivity index (χ1v) is 7.29. The van der Waals surface area contributed by atoms with Crippen LogP contribution in [0.3, 0.4) is 0 Å². The van der Waals surface area contributed by atoms with Crippen LogP contribution >= 0.6 is 11.8 Å². The van der Waals surface area contributed by atoms with E-state index in [1.165, 1.54) is 6.33 Å². The monoisotopic (exact) mass is 277 g/mol. The first kappa shape index (κ1) is 12.4. The molecule has 2 aromatic rings. The Bertz CT molecular complexity index is 611. The van der Waals surface area contributed by atoms with Gasteiger partial charge in [0.15, 0.2) is 17.7 Å². The lowest BCUT2D eigenvalue weighted by Crippen LogP contribution is -2.14. The van der Waals surface area contributed by atoms with Gasteiger partial charge in [0.25, 0.3) is 0 Å². The summed E-state index contributed by atoms with van der Waals surface area (Å²) in [4.78, 5) is 12.4. The molecule has 0 spiro atoms. The minimum Gasteiger partial charge on any atom is -0.382 e. The highest BCUT2D eigenvalue weighted by Crippen LogP contribution is 2.26. The van der Waals surface area contributed by atoms with Crippen molar-refractivity contribution in [2.75, 3.05) is 17.2 Å². The van der Waals surface area contributed by atoms with Crippen LogP contribution in [-0.4, -0.2) is 37.1 Å². The van der Waals surface area contributed by atoms with Crippen molar-refractivity contribution in [1.82, 2.24) is 19.5 Å². The maximum absolute atomic E-state index is 5.95. The van der Waals surface area contributed by atoms with Crippen LogP contribution in [0.4, 0.5) is 5.82 Å². The highest BCUT2D eigenvalue weighted by Gasteiger charge is 2.22. The summed E-state index contributed by atoms with van der Waals surface area (Å²) in [5.74, 6) is 2.45. The predicted molar refractivity (Wildman–Crippen MR) is 75.8 cm³/mol. The van der Waals surface area contributed by atoms with Crippen molar-refractivity contribution in [2.45, 2.75) is 19.3 Å². The number of hydrogen-bond acceptors (Lipinski definition) is 6. The average Bonchev–Trinajstić information content (AvgIpc) is 3.02. The second kappa shape index (κ2) is 5.18. The van der Waals surface area contributed by atoms with Gasteiger partial charge in [0.1, 0.15) is 11.8 Å². The van der Waals surface area contributed by atoms with Crippen LogP contribution < -0.4 is 5.73 Å². The zero-order chi connectivity index (χ0) is 13.2. The second-order valence-corrected chi connectivity index (χ2v) is 5.51. The summed E-state index contributed by atoms with van der Waals surface area (Å²) >= 11 is 1.86. The summed E-state index contributed by atoms with van der Waals surface area (Å²) in [5, 5.41) is 0. The molecule has 0 saturated carbocycles. The van der Waals surface area contributed by atoms with Gasteiger partial charge in [0.05, 0.1) is 12.4 Å². The molecule has 0 aliphatic carbocycles. The number of imidazole rings is 1. The van der Waals surface area contributed by atoms with Gasteiger partial charge in [-0.25, -0.2) is 15.0 Å². The molecule has 100 valence electrons. The van der Waals surface area contributed by atoms with Crippen molar-refractivity contribution < 1.29 is 4.74 Å². The van der Waals surface area contributed by atoms with E-state index in [0.29, 0.717) is 17.0 Å². The lowest BCUT2D eigenvalue weighted by atomic mass is 10.4. The minimum atomic E-state index is -0.165. The molecule has 0 saturated heterocycles. The van der Waals surface area contributed by atoms with Crippen molar-refractivity contribution in [3.05, 3.63) is 24.8 Å². The second-order valence-electron chi connectivity index (χ2n) is 4.19. The Hall–Kier alpha value is -1.60. The molecule has 3 rings (SSSR count). The Morgan fingerprint density at radius 1 is 1.37 bits per heavy atom. The van der Waals surface area contributed by atoms with E-state index >= 15 is 0 Å². The lowest BCUT2D eigenvalue weighted by molar-refractivity contribution is 0.0319. The molecule has 0 unspecified atom stereocenters. The molecule has 2 atom stereocenters. The number of nitrogens with two attached hydrogens (primary N) is 1. The molecule has 3 heterocycles. The lowest BCUT2D eigenvalue weighted by Gasteiger charge is -2.15. The molecule has 1 aliphatic rings. The summed E-state index contributed by atoms with van der Waals surface area (Å²) in [5.41, 5.74) is 7.09. The highest BCUT2D eigenvalue weighted by molar-refractivity contribution is 7.99. The summed E-state index contributed by atoms with van der Waals surface area (Å²) < 4.78 is 7.82. The van der Waals surface area contributed by atoms with Gasteiger partial charge in [-0.1, -0.05) is 13.0 Å². The van der Waals surface area contributed by atoms with Gasteiger partial charge >= 0.3 is 0 Å². The van der Waals surface area contributed by atoms with Crippen molar-refractivity contribution >= 4 is 28.7 Å². The number of rotatable bonds is 4. The van der Waals surface area contributed by atoms with E-state index in [2.05, 4.69) is 28.0 Å². The minimum absolute atomic E-state index is 0.145. The van der Waals surface area contributed by atoms with Crippen LogP contribution in [0.25, 0.3) is 11.2 Å². The fourth-order valence-corrected chi connectivity index (χ4v) is 2.69. The fraction of sp³-hybridized carbons (Fsp3) is 0.417. The summed E-state index contributed by atoms with van der Waals surface area (Å²) in [6.45, 7) is 2.14. The van der Waals surface area contributed by atoms with Crippen LogP contribution in [-0.2, 0) is 4.74 Å². The quantitative estimate of drug-likeness (QED) is 0.855. The molecule has 0 radical (unpaired) electrons. The number of anilines is 1. The molecular formula is C12H15N5OS. The van der Waals surface area contributed by atoms with E-state index < -0.39 is 0 Å². The number of hydrogen-bond donors (Lipinski definition) is 1. The van der Waals surface area contributed by atoms with Gasteiger partial charge in [-0.3, -0.25) is 4.57 Å². The van der Waals surface area contributed by atoms with E-state index in [4.69, 9.17) is 10.5 Å². The van der Waals surface area contributed by atoms with Gasteiger partial charge in [0, 0.05) is 5.75 Å². The van der Waals surface area contributed by atoms with E-state index in [1.54, 1.807) is 6.33 Å². The van der Waals surface area contributed by atoms with Crippen LogP contribution in [0.5, 0.6) is 0 Å². The Kier molecular flexibility index (Phi) is 3.39. The van der Waals surface area contributed by atoms with Gasteiger partial charge in [-0.15, -0.1) is 0 Å². The number of thioether (sulfide) groups is 1. The topological polar surface area (TPSA) is 78.9 Å². The standard InChI is InChI=1S/C12H15N5OS/c1-2-19-5-8-3-4-9(18-8)17-7-16-10-11(13)14-6-15-12(10)17/h3-4,6-9H,2,5H2,1H3,(H2,13,14,15)/t8-,9+/m0/s1. The van der Waals surface area contributed by atoms with Gasteiger partial charge in [0.2, 0.25) is 0 Å². The van der Waals surface area contributed by atoms with Crippen molar-refractivity contribution in [3.8, 4) is 0 Å². The molecule has 0 fully saturated rings. The van der Waals surface area contributed by atoms with Crippen molar-refractivity contribution in [2.24, 2.45) is 0 Å². The van der Waals surface area contributed by atoms with Crippen LogP contribution in [0.15, 0.2) is 24.8 Å². The molecular weight excluding hydrogens is 262 g/mol. The maximum Gasteiger partial charge on any atom is 0.167 e. The largest absolute Gasteiger partial charge is 0.382 e. The Morgan fingerprint density at radius 3 is 3.11 bits per heavy atom. The van der Waals surface area contributed by atoms with Gasteiger partial charge in [-0.05, 0) is 11.8 Å². The Labute approximate surface area is 115 Å². The van der Waals surface area contributed by atoms with Crippen molar-refractivity contribution in [1.29, 1.82) is 0 Å². The summed E-state index contributed by atoms with van der Waals surface area (Å²) in [6.07, 6.45) is 7.23. The van der Waals surface area contributed by atoms with Crippen LogP contribution in [0.1, 0.15) is 13.2 Å². The number of nitrogen functional groups attached to an aromatic ring is 1. The summed E-state index contributed by atoms with van der Waals surface area (Å²) in [7, 11) is 0. The summed E-state index contributed by atoms with van der Waals surface area (Å²) in [6, 6.07) is 0. The molecule has 2 N–H and O–H groups in total. The zero-order valence-electron chi connectivity index (χ0n) is 10.6. The van der Waals surface area contributed by atoms with Crippen LogP contribution in [0.2, 0.25) is 0 Å². The first-order valence-electron chi connectivity index (χ1n) is 6.14. The van der Waals surface area contributed by atoms with Crippen LogP contribution in [0, 0.1) is 0 Å². The Morgan fingerprint density at radius 2 is 2.26 bits per heavy atom. The first-order chi connectivity index (χ1) is 9.29. The van der Waals surface area contributed by atoms with Gasteiger partial charge < -0.3 is 10.5 Å². The molecule has 19 heavy (non-hydrogen) atoms. The van der Waals surface area contributed by atoms with Gasteiger partial charge in [-0.2, -0.15) is 11.8 Å². The van der Waals surface area contributed by atoms with E-state index in [0.717, 1.165) is 11.5 Å². The molecule has 0 amide bonds. The number of nitrogens with zero attached hydrogens (tertiary/aromatic N) is 4. The molecule has 2 aromatic heterocycles. The zero-order valence-corrected chi connectivity index (χ0v) is 11.4. The molecule has 0 aromatic carbocycles. The molecule has 1 aliphatic heterocycles. The predicted octanol–water partition coefficient (Wildman–Crippen LogP) is 1.62. The smallest absolute Gasteiger partial charge is 0.167 e.